The zero-order chi connectivity index (χ0) is 22.2. The lowest BCUT2D eigenvalue weighted by Gasteiger charge is -2.31. The second kappa shape index (κ2) is 10.7. The standard InChI is InChI=1S/C30H36N2/c1-3-5-20-31-28-15-18-30(19-16-28,32-21-6-4-2)17-14-24-12-9-13-27-22-25-10-7-8-11-26(25)23-29(24)27/h7-18,22-23,31-32H,3-6,19-21H2,1-2H3. The van der Waals surface area contributed by atoms with Crippen molar-refractivity contribution in [2.75, 3.05) is 13.1 Å². The molecule has 0 spiro atoms. The average molecular weight is 425 g/mol. The lowest BCUT2D eigenvalue weighted by molar-refractivity contribution is 0.474. The summed E-state index contributed by atoms with van der Waals surface area (Å²) in [5, 5.41) is 12.6. The van der Waals surface area contributed by atoms with Gasteiger partial charge < -0.3 is 10.6 Å². The first-order valence-corrected chi connectivity index (χ1v) is 12.2. The van der Waals surface area contributed by atoms with E-state index in [4.69, 9.17) is 0 Å². The molecule has 0 bridgehead atoms. The van der Waals surface area contributed by atoms with E-state index in [1.54, 1.807) is 0 Å². The van der Waals surface area contributed by atoms with Crippen molar-refractivity contribution < 1.29 is 0 Å². The van der Waals surface area contributed by atoms with Crippen molar-refractivity contribution in [3.63, 3.8) is 0 Å². The minimum Gasteiger partial charge on any atom is -0.385 e. The molecule has 0 aliphatic heterocycles. The largest absolute Gasteiger partial charge is 0.385 e. The van der Waals surface area contributed by atoms with Crippen molar-refractivity contribution in [2.24, 2.45) is 0 Å². The maximum Gasteiger partial charge on any atom is 0.0593 e. The van der Waals surface area contributed by atoms with Crippen LogP contribution >= 0.6 is 0 Å². The molecular weight excluding hydrogens is 388 g/mol. The van der Waals surface area contributed by atoms with Gasteiger partial charge in [0.2, 0.25) is 0 Å². The predicted molar refractivity (Wildman–Crippen MR) is 141 cm³/mol. The molecule has 32 heavy (non-hydrogen) atoms. The Morgan fingerprint density at radius 2 is 1.62 bits per heavy atom. The number of unbranched alkanes of at least 4 members (excludes halogenated alkanes) is 2. The molecule has 1 unspecified atom stereocenters. The molecule has 4 rings (SSSR count). The smallest absolute Gasteiger partial charge is 0.0593 e. The van der Waals surface area contributed by atoms with Gasteiger partial charge in [0.1, 0.15) is 0 Å². The van der Waals surface area contributed by atoms with E-state index in [1.807, 2.05) is 0 Å². The summed E-state index contributed by atoms with van der Waals surface area (Å²) >= 11 is 0. The normalized spacial score (nSPS) is 18.5. The van der Waals surface area contributed by atoms with E-state index in [0.717, 1.165) is 19.5 Å². The van der Waals surface area contributed by atoms with Gasteiger partial charge in [-0.2, -0.15) is 0 Å². The molecule has 0 amide bonds. The van der Waals surface area contributed by atoms with E-state index in [0.29, 0.717) is 0 Å². The SMILES string of the molecule is CCCCNC1=CCC(C=Cc2cccc3cc4ccccc4cc23)(NCCCC)C=C1. The lowest BCUT2D eigenvalue weighted by Crippen LogP contribution is -2.43. The Labute approximate surface area is 193 Å². The fraction of sp³-hybridized carbons (Fsp3) is 0.333. The number of fused-ring (bicyclic) bond motifs is 2. The van der Waals surface area contributed by atoms with Gasteiger partial charge in [0.15, 0.2) is 0 Å². The first kappa shape index (κ1) is 22.4. The third-order valence-corrected chi connectivity index (χ3v) is 6.40. The van der Waals surface area contributed by atoms with E-state index >= 15 is 0 Å². The summed E-state index contributed by atoms with van der Waals surface area (Å²) in [6, 6.07) is 19.9. The van der Waals surface area contributed by atoms with Crippen LogP contribution in [-0.2, 0) is 0 Å². The Balaban J connectivity index is 1.61. The fourth-order valence-corrected chi connectivity index (χ4v) is 4.38. The van der Waals surface area contributed by atoms with E-state index in [1.165, 1.54) is 58.5 Å². The van der Waals surface area contributed by atoms with Crippen molar-refractivity contribution in [1.82, 2.24) is 10.6 Å². The monoisotopic (exact) mass is 424 g/mol. The van der Waals surface area contributed by atoms with Crippen LogP contribution in [0.5, 0.6) is 0 Å². The van der Waals surface area contributed by atoms with Gasteiger partial charge in [0.25, 0.3) is 0 Å². The van der Waals surface area contributed by atoms with Crippen molar-refractivity contribution in [2.45, 2.75) is 51.5 Å². The molecule has 0 fully saturated rings. The van der Waals surface area contributed by atoms with Crippen molar-refractivity contribution in [3.8, 4) is 0 Å². The van der Waals surface area contributed by atoms with Crippen LogP contribution in [0, 0.1) is 0 Å². The van der Waals surface area contributed by atoms with Crippen LogP contribution < -0.4 is 10.6 Å². The van der Waals surface area contributed by atoms with Crippen molar-refractivity contribution >= 4 is 27.6 Å². The Morgan fingerprint density at radius 1 is 0.875 bits per heavy atom. The van der Waals surface area contributed by atoms with E-state index in [9.17, 15) is 0 Å². The minimum absolute atomic E-state index is 0.135. The van der Waals surface area contributed by atoms with E-state index in [-0.39, 0.29) is 5.54 Å². The number of benzene rings is 3. The van der Waals surface area contributed by atoms with Crippen LogP contribution in [0.2, 0.25) is 0 Å². The highest BCUT2D eigenvalue weighted by molar-refractivity contribution is 6.01. The summed E-state index contributed by atoms with van der Waals surface area (Å²) in [6.07, 6.45) is 17.4. The third kappa shape index (κ3) is 5.31. The highest BCUT2D eigenvalue weighted by Crippen LogP contribution is 2.28. The molecule has 3 aromatic carbocycles. The molecule has 166 valence electrons. The van der Waals surface area contributed by atoms with E-state index < -0.39 is 0 Å². The lowest BCUT2D eigenvalue weighted by atomic mass is 9.88. The molecule has 0 aromatic heterocycles. The third-order valence-electron chi connectivity index (χ3n) is 6.40. The number of nitrogens with one attached hydrogen (secondary N) is 2. The summed E-state index contributed by atoms with van der Waals surface area (Å²) in [7, 11) is 0. The minimum atomic E-state index is -0.135. The van der Waals surface area contributed by atoms with Gasteiger partial charge in [-0.25, -0.2) is 0 Å². The number of hydrogen-bond donors (Lipinski definition) is 2. The van der Waals surface area contributed by atoms with Gasteiger partial charge in [-0.1, -0.05) is 93.5 Å². The first-order valence-electron chi connectivity index (χ1n) is 12.2. The second-order valence-corrected chi connectivity index (χ2v) is 8.90. The maximum absolute atomic E-state index is 3.83. The number of allylic oxidation sites excluding steroid dienone is 1. The van der Waals surface area contributed by atoms with Crippen molar-refractivity contribution in [1.29, 1.82) is 0 Å². The molecule has 0 saturated heterocycles. The highest BCUT2D eigenvalue weighted by Gasteiger charge is 2.24. The predicted octanol–water partition coefficient (Wildman–Crippen LogP) is 7.37. The summed E-state index contributed by atoms with van der Waals surface area (Å²) in [5.41, 5.74) is 2.38. The zero-order valence-electron chi connectivity index (χ0n) is 19.5. The van der Waals surface area contributed by atoms with Crippen LogP contribution in [0.1, 0.15) is 51.5 Å². The van der Waals surface area contributed by atoms with Gasteiger partial charge in [-0.15, -0.1) is 0 Å². The molecule has 1 atom stereocenters. The molecule has 1 aliphatic carbocycles. The number of hydrogen-bond acceptors (Lipinski definition) is 2. The van der Waals surface area contributed by atoms with Crippen LogP contribution in [0.4, 0.5) is 0 Å². The van der Waals surface area contributed by atoms with Crippen LogP contribution in [0.15, 0.2) is 84.6 Å². The summed E-state index contributed by atoms with van der Waals surface area (Å²) in [4.78, 5) is 0. The fourth-order valence-electron chi connectivity index (χ4n) is 4.38. The molecular formula is C30H36N2. The number of rotatable bonds is 10. The van der Waals surface area contributed by atoms with Crippen LogP contribution in [0.25, 0.3) is 27.6 Å². The van der Waals surface area contributed by atoms with Gasteiger partial charge >= 0.3 is 0 Å². The Morgan fingerprint density at radius 3 is 2.38 bits per heavy atom. The van der Waals surface area contributed by atoms with E-state index in [2.05, 4.69) is 109 Å². The molecule has 3 aromatic rings. The molecule has 0 heterocycles. The van der Waals surface area contributed by atoms with Gasteiger partial charge in [-0.3, -0.25) is 0 Å². The summed E-state index contributed by atoms with van der Waals surface area (Å²) < 4.78 is 0. The molecule has 1 aliphatic rings. The Bertz CT molecular complexity index is 1140. The molecule has 2 heteroatoms. The Hall–Kier alpha value is -2.84. The van der Waals surface area contributed by atoms with Crippen LogP contribution in [-0.4, -0.2) is 18.6 Å². The molecule has 2 N–H and O–H groups in total. The Kier molecular flexibility index (Phi) is 7.44. The van der Waals surface area contributed by atoms with Crippen molar-refractivity contribution in [3.05, 3.63) is 90.2 Å². The topological polar surface area (TPSA) is 24.1 Å². The first-order chi connectivity index (χ1) is 15.7. The average Bonchev–Trinajstić information content (AvgIpc) is 2.83. The molecule has 2 nitrogen and oxygen atoms in total. The molecule has 0 saturated carbocycles. The van der Waals surface area contributed by atoms with Gasteiger partial charge in [0.05, 0.1) is 5.54 Å². The van der Waals surface area contributed by atoms with Gasteiger partial charge in [0, 0.05) is 12.2 Å². The second-order valence-electron chi connectivity index (χ2n) is 8.90. The van der Waals surface area contributed by atoms with Gasteiger partial charge in [-0.05, 0) is 71.1 Å². The zero-order valence-corrected chi connectivity index (χ0v) is 19.5. The maximum atomic E-state index is 3.83. The summed E-state index contributed by atoms with van der Waals surface area (Å²) in [5.74, 6) is 0. The van der Waals surface area contributed by atoms with Crippen LogP contribution in [0.3, 0.4) is 0 Å². The highest BCUT2D eigenvalue weighted by atomic mass is 15.0. The quantitative estimate of drug-likeness (QED) is 0.262. The summed E-state index contributed by atoms with van der Waals surface area (Å²) in [6.45, 7) is 6.55. The molecule has 0 radical (unpaired) electrons.